The molecule has 2 aromatic rings. The van der Waals surface area contributed by atoms with E-state index in [0.29, 0.717) is 31.6 Å². The molecule has 6 rings (SSSR count). The van der Waals surface area contributed by atoms with Crippen molar-refractivity contribution in [2.75, 3.05) is 26.2 Å². The number of carbonyl (C=O) groups excluding carboxylic acids is 3. The van der Waals surface area contributed by atoms with Gasteiger partial charge in [0.25, 0.3) is 5.91 Å². The van der Waals surface area contributed by atoms with Gasteiger partial charge in [-0.3, -0.25) is 9.59 Å². The SMILES string of the molecule is CCN(CCCCCCCCCCCCNC(=O)c1cc2cc(F)c(O)c(F)c2oc1=O)C(=O)O[C@@]12[C@H](O)[C@@H](N)[C@@]3(O)[C@@H](C=C(CO)C[C@]4(O)C(=O)C(C)=C[C@@H]34)[C@@H]1C2(C)C. The molecule has 2 fully saturated rings. The third-order valence-electron chi connectivity index (χ3n) is 13.8. The zero-order chi connectivity index (χ0) is 43.9. The third kappa shape index (κ3) is 7.56. The van der Waals surface area contributed by atoms with E-state index in [-0.39, 0.29) is 22.9 Å². The molecule has 0 spiro atoms. The largest absolute Gasteiger partial charge is 0.503 e. The minimum absolute atomic E-state index is 0.161. The number of nitrogens with one attached hydrogen (secondary N) is 1. The summed E-state index contributed by atoms with van der Waals surface area (Å²) in [7, 11) is 0. The van der Waals surface area contributed by atoms with Crippen LogP contribution < -0.4 is 16.7 Å². The van der Waals surface area contributed by atoms with E-state index >= 15 is 0 Å². The van der Waals surface area contributed by atoms with Crippen LogP contribution in [0.25, 0.3) is 11.0 Å². The highest BCUT2D eigenvalue weighted by Crippen LogP contribution is 2.75. The highest BCUT2D eigenvalue weighted by Gasteiger charge is 2.87. The second kappa shape index (κ2) is 17.3. The fraction of sp³-hybridized carbons (Fsp3) is 0.636. The van der Waals surface area contributed by atoms with E-state index in [9.17, 15) is 53.5 Å². The summed E-state index contributed by atoms with van der Waals surface area (Å²) < 4.78 is 38.9. The van der Waals surface area contributed by atoms with Gasteiger partial charge in [0.2, 0.25) is 5.82 Å². The van der Waals surface area contributed by atoms with E-state index in [1.807, 2.05) is 20.8 Å². The molecule has 8 atom stereocenters. The standard InChI is InChI=1S/C44H59F2N3O11/c1-5-49(17-15-13-11-9-7-6-8-10-12-14-16-48-38(54)27-20-26-21-29(45)32(51)31(46)33(26)59-39(27)55)40(56)60-44-34(41(44,3)4)28-19-25(23-50)22-42(57)30(18-24(2)36(42)52)43(28,58)35(47)37(44)53/h18-21,28,30,34-35,37,50-51,53,57-58H,5-17,22-23,47H2,1-4H3,(H,48,54)/t28-,30+,34+,35+,37+,42+,43+,44+/m0/s1. The van der Waals surface area contributed by atoms with E-state index in [0.717, 1.165) is 69.9 Å². The molecule has 4 aliphatic carbocycles. The first-order valence-electron chi connectivity index (χ1n) is 21.2. The predicted octanol–water partition coefficient (Wildman–Crippen LogP) is 4.51. The van der Waals surface area contributed by atoms with E-state index in [1.165, 1.54) is 6.08 Å². The Bertz CT molecular complexity index is 2120. The van der Waals surface area contributed by atoms with Gasteiger partial charge in [0.15, 0.2) is 28.5 Å². The van der Waals surface area contributed by atoms with Crippen LogP contribution in [0.5, 0.6) is 5.75 Å². The minimum Gasteiger partial charge on any atom is -0.503 e. The second-order valence-corrected chi connectivity index (χ2v) is 17.7. The van der Waals surface area contributed by atoms with Crippen LogP contribution in [-0.2, 0) is 9.53 Å². The summed E-state index contributed by atoms with van der Waals surface area (Å²) in [5.74, 6) is -7.78. The number of nitrogens with two attached hydrogens (primary N) is 1. The fourth-order valence-electron chi connectivity index (χ4n) is 10.5. The Labute approximate surface area is 347 Å². The Balaban J connectivity index is 0.903. The molecular weight excluding hydrogens is 784 g/mol. The molecule has 0 radical (unpaired) electrons. The number of aliphatic hydroxyl groups excluding tert-OH is 2. The molecule has 0 unspecified atom stereocenters. The average Bonchev–Trinajstić information content (AvgIpc) is 3.64. The monoisotopic (exact) mass is 843 g/mol. The first-order valence-corrected chi connectivity index (χ1v) is 21.2. The maximum atomic E-state index is 14.0. The van der Waals surface area contributed by atoms with E-state index in [4.69, 9.17) is 14.9 Å². The van der Waals surface area contributed by atoms with E-state index in [1.54, 1.807) is 17.9 Å². The van der Waals surface area contributed by atoms with Gasteiger partial charge >= 0.3 is 11.7 Å². The second-order valence-electron chi connectivity index (χ2n) is 17.7. The molecule has 2 amide bonds. The van der Waals surface area contributed by atoms with Gasteiger partial charge in [-0.25, -0.2) is 14.0 Å². The van der Waals surface area contributed by atoms with Crippen LogP contribution in [0.2, 0.25) is 0 Å². The van der Waals surface area contributed by atoms with E-state index in [2.05, 4.69) is 5.32 Å². The first-order chi connectivity index (χ1) is 28.3. The molecule has 16 heteroatoms. The molecule has 1 aromatic heterocycles. The van der Waals surface area contributed by atoms with Crippen LogP contribution in [0.3, 0.4) is 0 Å². The number of rotatable bonds is 17. The van der Waals surface area contributed by atoms with Crippen molar-refractivity contribution in [2.45, 2.75) is 127 Å². The van der Waals surface area contributed by atoms with Gasteiger partial charge < -0.3 is 50.6 Å². The molecular formula is C44H59F2N3O11. The average molecular weight is 844 g/mol. The van der Waals surface area contributed by atoms with Gasteiger partial charge in [-0.15, -0.1) is 0 Å². The molecule has 8 N–H and O–H groups in total. The number of aromatic hydroxyl groups is 1. The number of Topliss-reactive ketones (excluding diaryl/α,β-unsaturated/α-hetero) is 1. The quantitative estimate of drug-likeness (QED) is 0.0663. The van der Waals surface area contributed by atoms with Crippen molar-refractivity contribution in [3.8, 4) is 5.75 Å². The van der Waals surface area contributed by atoms with Crippen molar-refractivity contribution in [3.05, 3.63) is 63.0 Å². The number of aliphatic hydroxyl groups is 4. The zero-order valence-electron chi connectivity index (χ0n) is 34.8. The molecule has 0 bridgehead atoms. The fourth-order valence-corrected chi connectivity index (χ4v) is 10.5. The number of amides is 2. The number of hydrogen-bond acceptors (Lipinski definition) is 12. The molecule has 60 heavy (non-hydrogen) atoms. The minimum atomic E-state index is -2.03. The summed E-state index contributed by atoms with van der Waals surface area (Å²) in [6, 6.07) is 0.425. The lowest BCUT2D eigenvalue weighted by Crippen LogP contribution is -2.72. The number of fused-ring (bicyclic) bond motifs is 6. The summed E-state index contributed by atoms with van der Waals surface area (Å²) in [5.41, 5.74) is -1.09. The van der Waals surface area contributed by atoms with Crippen molar-refractivity contribution in [3.63, 3.8) is 0 Å². The van der Waals surface area contributed by atoms with Gasteiger partial charge in [0, 0.05) is 54.6 Å². The van der Waals surface area contributed by atoms with Crippen LogP contribution >= 0.6 is 0 Å². The number of phenols is 1. The Morgan fingerprint density at radius 1 is 1.00 bits per heavy atom. The normalized spacial score (nSPS) is 30.1. The van der Waals surface area contributed by atoms with Crippen molar-refractivity contribution in [1.82, 2.24) is 10.2 Å². The number of ether oxygens (including phenoxy) is 1. The number of carbonyl (C=O) groups is 3. The molecule has 0 saturated heterocycles. The smallest absolute Gasteiger partial charge is 0.410 e. The summed E-state index contributed by atoms with van der Waals surface area (Å²) in [6.07, 6.45) is 10.1. The summed E-state index contributed by atoms with van der Waals surface area (Å²) in [4.78, 5) is 53.3. The van der Waals surface area contributed by atoms with Gasteiger partial charge in [-0.2, -0.15) is 4.39 Å². The lowest BCUT2D eigenvalue weighted by molar-refractivity contribution is -0.191. The Morgan fingerprint density at radius 2 is 1.62 bits per heavy atom. The number of phenolic OH excluding ortho intramolecular Hbond substituents is 1. The van der Waals surface area contributed by atoms with E-state index < -0.39 is 105 Å². The van der Waals surface area contributed by atoms with Crippen molar-refractivity contribution in [1.29, 1.82) is 0 Å². The third-order valence-corrected chi connectivity index (χ3v) is 13.8. The van der Waals surface area contributed by atoms with Gasteiger partial charge in [0.05, 0.1) is 18.2 Å². The number of ketones is 1. The summed E-state index contributed by atoms with van der Waals surface area (Å²) in [6.45, 7) is 7.77. The maximum absolute atomic E-state index is 14.0. The van der Waals surface area contributed by atoms with Crippen molar-refractivity contribution < 1.29 is 57.9 Å². The number of nitrogens with zero attached hydrogens (tertiary/aromatic N) is 1. The number of benzene rings is 1. The lowest BCUT2D eigenvalue weighted by Gasteiger charge is -2.52. The molecule has 330 valence electrons. The van der Waals surface area contributed by atoms with Crippen LogP contribution in [0.1, 0.15) is 109 Å². The molecule has 14 nitrogen and oxygen atoms in total. The highest BCUT2D eigenvalue weighted by molar-refractivity contribution is 6.05. The Hall–Kier alpha value is -4.22. The number of halogens is 2. The molecule has 1 heterocycles. The van der Waals surface area contributed by atoms with Crippen LogP contribution in [0.4, 0.5) is 13.6 Å². The van der Waals surface area contributed by atoms with Crippen LogP contribution in [-0.4, -0.2) is 103 Å². The zero-order valence-corrected chi connectivity index (χ0v) is 34.8. The first kappa shape index (κ1) is 45.3. The topological polar surface area (TPSA) is 233 Å². The molecule has 2 saturated carbocycles. The van der Waals surface area contributed by atoms with Crippen LogP contribution in [0.15, 0.2) is 44.6 Å². The molecule has 1 aromatic carbocycles. The Morgan fingerprint density at radius 3 is 2.23 bits per heavy atom. The van der Waals surface area contributed by atoms with Gasteiger partial charge in [0.1, 0.15) is 17.3 Å². The molecule has 0 aliphatic heterocycles. The predicted molar refractivity (Wildman–Crippen MR) is 216 cm³/mol. The van der Waals surface area contributed by atoms with Crippen molar-refractivity contribution in [2.24, 2.45) is 28.9 Å². The lowest BCUT2D eigenvalue weighted by atomic mass is 9.61. The Kier molecular flexibility index (Phi) is 13.0. The van der Waals surface area contributed by atoms with Crippen molar-refractivity contribution >= 4 is 28.8 Å². The maximum Gasteiger partial charge on any atom is 0.410 e. The summed E-state index contributed by atoms with van der Waals surface area (Å²) >= 11 is 0. The van der Waals surface area contributed by atoms with Gasteiger partial charge in [-0.05, 0) is 50.0 Å². The van der Waals surface area contributed by atoms with Crippen LogP contribution in [0, 0.1) is 34.8 Å². The molecule has 4 aliphatic rings. The summed E-state index contributed by atoms with van der Waals surface area (Å²) in [5, 5.41) is 58.1. The number of unbranched alkanes of at least 4 members (excludes halogenated alkanes) is 9. The highest BCUT2D eigenvalue weighted by atomic mass is 19.1. The number of hydrogen-bond donors (Lipinski definition) is 7. The van der Waals surface area contributed by atoms with Gasteiger partial charge in [-0.1, -0.05) is 77.4 Å².